The number of anilines is 3. The van der Waals surface area contributed by atoms with Gasteiger partial charge in [-0.15, -0.1) is 0 Å². The highest BCUT2D eigenvalue weighted by molar-refractivity contribution is 5.94. The Kier molecular flexibility index (Phi) is 3.71. The third-order valence-corrected chi connectivity index (χ3v) is 3.28. The van der Waals surface area contributed by atoms with Crippen LogP contribution in [0.4, 0.5) is 17.1 Å². The molecular weight excluding hydrogens is 262 g/mol. The summed E-state index contributed by atoms with van der Waals surface area (Å²) in [6.07, 6.45) is 1.78. The average molecular weight is 279 g/mol. The Bertz CT molecular complexity index is 771. The second-order valence-electron chi connectivity index (χ2n) is 4.89. The molecule has 0 amide bonds. The SMILES string of the molecule is COCc1cccc(Nc2ccnc3cc(N)ccc23)c1. The normalized spacial score (nSPS) is 10.7. The first kappa shape index (κ1) is 13.4. The molecule has 2 aromatic carbocycles. The lowest BCUT2D eigenvalue weighted by molar-refractivity contribution is 0.185. The number of nitrogens with zero attached hydrogens (tertiary/aromatic N) is 1. The minimum atomic E-state index is 0.600. The van der Waals surface area contributed by atoms with Gasteiger partial charge in [-0.3, -0.25) is 4.98 Å². The van der Waals surface area contributed by atoms with E-state index in [9.17, 15) is 0 Å². The predicted octanol–water partition coefficient (Wildman–Crippen LogP) is 3.71. The second kappa shape index (κ2) is 5.81. The maximum atomic E-state index is 5.81. The number of aromatic nitrogens is 1. The van der Waals surface area contributed by atoms with Gasteiger partial charge in [0.25, 0.3) is 0 Å². The van der Waals surface area contributed by atoms with Crippen LogP contribution in [0, 0.1) is 0 Å². The van der Waals surface area contributed by atoms with Crippen molar-refractivity contribution in [2.24, 2.45) is 0 Å². The fourth-order valence-electron chi connectivity index (χ4n) is 2.34. The highest BCUT2D eigenvalue weighted by Gasteiger charge is 2.03. The van der Waals surface area contributed by atoms with Gasteiger partial charge in [-0.05, 0) is 42.0 Å². The number of nitrogen functional groups attached to an aromatic ring is 1. The summed E-state index contributed by atoms with van der Waals surface area (Å²) >= 11 is 0. The fraction of sp³-hybridized carbons (Fsp3) is 0.118. The Balaban J connectivity index is 1.96. The molecule has 21 heavy (non-hydrogen) atoms. The number of hydrogen-bond acceptors (Lipinski definition) is 4. The van der Waals surface area contributed by atoms with Gasteiger partial charge >= 0.3 is 0 Å². The molecule has 0 aliphatic carbocycles. The lowest BCUT2D eigenvalue weighted by atomic mass is 10.1. The second-order valence-corrected chi connectivity index (χ2v) is 4.89. The van der Waals surface area contributed by atoms with Crippen molar-refractivity contribution in [2.75, 3.05) is 18.2 Å². The Hall–Kier alpha value is -2.59. The summed E-state index contributed by atoms with van der Waals surface area (Å²) in [7, 11) is 1.70. The zero-order valence-electron chi connectivity index (χ0n) is 11.8. The van der Waals surface area contributed by atoms with E-state index in [2.05, 4.69) is 16.4 Å². The van der Waals surface area contributed by atoms with E-state index in [1.54, 1.807) is 13.3 Å². The van der Waals surface area contributed by atoms with Gasteiger partial charge < -0.3 is 15.8 Å². The minimum Gasteiger partial charge on any atom is -0.399 e. The predicted molar refractivity (Wildman–Crippen MR) is 86.6 cm³/mol. The van der Waals surface area contributed by atoms with Crippen LogP contribution in [0.3, 0.4) is 0 Å². The summed E-state index contributed by atoms with van der Waals surface area (Å²) in [6.45, 7) is 0.600. The molecule has 1 aromatic heterocycles. The number of hydrogen-bond donors (Lipinski definition) is 2. The van der Waals surface area contributed by atoms with E-state index in [-0.39, 0.29) is 0 Å². The summed E-state index contributed by atoms with van der Waals surface area (Å²) in [5.74, 6) is 0. The van der Waals surface area contributed by atoms with Gasteiger partial charge in [0.2, 0.25) is 0 Å². The molecule has 0 aliphatic heterocycles. The molecule has 4 nitrogen and oxygen atoms in total. The van der Waals surface area contributed by atoms with Crippen LogP contribution in [0.2, 0.25) is 0 Å². The number of benzene rings is 2. The van der Waals surface area contributed by atoms with Gasteiger partial charge in [0.05, 0.1) is 12.1 Å². The van der Waals surface area contributed by atoms with Crippen molar-refractivity contribution in [3.8, 4) is 0 Å². The van der Waals surface area contributed by atoms with Crippen molar-refractivity contribution in [3.05, 3.63) is 60.3 Å². The van der Waals surface area contributed by atoms with Crippen molar-refractivity contribution in [1.29, 1.82) is 0 Å². The fourth-order valence-corrected chi connectivity index (χ4v) is 2.34. The van der Waals surface area contributed by atoms with Gasteiger partial charge in [0.15, 0.2) is 0 Å². The number of nitrogens with one attached hydrogen (secondary N) is 1. The minimum absolute atomic E-state index is 0.600. The van der Waals surface area contributed by atoms with Gasteiger partial charge in [-0.1, -0.05) is 12.1 Å². The highest BCUT2D eigenvalue weighted by Crippen LogP contribution is 2.26. The third kappa shape index (κ3) is 2.95. The molecule has 0 radical (unpaired) electrons. The molecule has 0 unspecified atom stereocenters. The van der Waals surface area contributed by atoms with E-state index in [0.29, 0.717) is 12.3 Å². The van der Waals surface area contributed by atoms with Crippen LogP contribution in [0.1, 0.15) is 5.56 Å². The van der Waals surface area contributed by atoms with E-state index in [0.717, 1.165) is 27.8 Å². The molecule has 3 N–H and O–H groups in total. The Morgan fingerprint density at radius 3 is 2.90 bits per heavy atom. The van der Waals surface area contributed by atoms with Crippen LogP contribution in [-0.4, -0.2) is 12.1 Å². The average Bonchev–Trinajstić information content (AvgIpc) is 2.48. The summed E-state index contributed by atoms with van der Waals surface area (Å²) in [5.41, 5.74) is 10.6. The Morgan fingerprint density at radius 2 is 2.05 bits per heavy atom. The van der Waals surface area contributed by atoms with Crippen molar-refractivity contribution in [3.63, 3.8) is 0 Å². The molecule has 3 rings (SSSR count). The molecule has 0 atom stereocenters. The number of ether oxygens (including phenoxy) is 1. The van der Waals surface area contributed by atoms with Gasteiger partial charge in [-0.2, -0.15) is 0 Å². The summed E-state index contributed by atoms with van der Waals surface area (Å²) < 4.78 is 5.16. The quantitative estimate of drug-likeness (QED) is 0.715. The first-order chi connectivity index (χ1) is 10.3. The van der Waals surface area contributed by atoms with Crippen molar-refractivity contribution < 1.29 is 4.74 Å². The van der Waals surface area contributed by atoms with Crippen LogP contribution in [-0.2, 0) is 11.3 Å². The number of pyridine rings is 1. The van der Waals surface area contributed by atoms with Crippen LogP contribution >= 0.6 is 0 Å². The molecule has 0 saturated carbocycles. The maximum absolute atomic E-state index is 5.81. The number of nitrogens with two attached hydrogens (primary N) is 1. The third-order valence-electron chi connectivity index (χ3n) is 3.28. The number of rotatable bonds is 4. The van der Waals surface area contributed by atoms with Crippen molar-refractivity contribution >= 4 is 28.0 Å². The lowest BCUT2D eigenvalue weighted by Crippen LogP contribution is -1.95. The summed E-state index contributed by atoms with van der Waals surface area (Å²) in [6, 6.07) is 15.9. The molecule has 0 aliphatic rings. The van der Waals surface area contributed by atoms with E-state index in [1.165, 1.54) is 0 Å². The standard InChI is InChI=1S/C17H17N3O/c1-21-11-12-3-2-4-14(9-12)20-16-7-8-19-17-10-13(18)5-6-15(16)17/h2-10H,11,18H2,1H3,(H,19,20). The molecular formula is C17H17N3O. The van der Waals surface area contributed by atoms with Crippen molar-refractivity contribution in [2.45, 2.75) is 6.61 Å². The van der Waals surface area contributed by atoms with Crippen LogP contribution in [0.25, 0.3) is 10.9 Å². The summed E-state index contributed by atoms with van der Waals surface area (Å²) in [5, 5.41) is 4.47. The van der Waals surface area contributed by atoms with Crippen LogP contribution < -0.4 is 11.1 Å². The molecule has 3 aromatic rings. The number of fused-ring (bicyclic) bond motifs is 1. The molecule has 0 spiro atoms. The summed E-state index contributed by atoms with van der Waals surface area (Å²) in [4.78, 5) is 4.35. The van der Waals surface area contributed by atoms with Gasteiger partial charge in [-0.25, -0.2) is 0 Å². The van der Waals surface area contributed by atoms with E-state index in [4.69, 9.17) is 10.5 Å². The Morgan fingerprint density at radius 1 is 1.14 bits per heavy atom. The lowest BCUT2D eigenvalue weighted by Gasteiger charge is -2.11. The first-order valence-electron chi connectivity index (χ1n) is 6.75. The molecule has 0 bridgehead atoms. The monoisotopic (exact) mass is 279 g/mol. The van der Waals surface area contributed by atoms with Gasteiger partial charge in [0, 0.05) is 35.8 Å². The maximum Gasteiger partial charge on any atom is 0.0743 e. The largest absolute Gasteiger partial charge is 0.399 e. The van der Waals surface area contributed by atoms with E-state index in [1.807, 2.05) is 42.5 Å². The molecule has 0 fully saturated rings. The zero-order chi connectivity index (χ0) is 14.7. The zero-order valence-corrected chi connectivity index (χ0v) is 11.8. The van der Waals surface area contributed by atoms with Crippen LogP contribution in [0.5, 0.6) is 0 Å². The van der Waals surface area contributed by atoms with E-state index < -0.39 is 0 Å². The Labute approximate surface area is 123 Å². The molecule has 0 saturated heterocycles. The topological polar surface area (TPSA) is 60.2 Å². The molecule has 1 heterocycles. The van der Waals surface area contributed by atoms with E-state index >= 15 is 0 Å². The first-order valence-corrected chi connectivity index (χ1v) is 6.75. The smallest absolute Gasteiger partial charge is 0.0743 e. The highest BCUT2D eigenvalue weighted by atomic mass is 16.5. The van der Waals surface area contributed by atoms with Gasteiger partial charge in [0.1, 0.15) is 0 Å². The molecule has 106 valence electrons. The van der Waals surface area contributed by atoms with Crippen LogP contribution in [0.15, 0.2) is 54.7 Å². The van der Waals surface area contributed by atoms with Crippen molar-refractivity contribution in [1.82, 2.24) is 4.98 Å². The number of methoxy groups -OCH3 is 1. The molecule has 4 heteroatoms.